The standard InChI is InChI=1S/C16H13BrN2O7S2/c1-9-12(17)14(26-18-9)19-28(21,22)16-11(23-8-24-16)7-27-13(16)15(20)25-10-5-3-2-4-6-10/h2-7,13,19H,8H2,1H3. The second-order valence-corrected chi connectivity index (χ2v) is 9.41. The van der Waals surface area contributed by atoms with Crippen LogP contribution in [0.3, 0.4) is 0 Å². The highest BCUT2D eigenvalue weighted by molar-refractivity contribution is 9.10. The minimum absolute atomic E-state index is 0.00683. The van der Waals surface area contributed by atoms with Crippen LogP contribution in [0, 0.1) is 6.92 Å². The summed E-state index contributed by atoms with van der Waals surface area (Å²) in [5.41, 5.74) is 0.454. The SMILES string of the molecule is Cc1noc(NS(=O)(=O)C23OCOC2=CSC3C(=O)Oc2ccccc2)c1Br. The predicted molar refractivity (Wildman–Crippen MR) is 103 cm³/mol. The van der Waals surface area contributed by atoms with Crippen molar-refractivity contribution in [1.82, 2.24) is 5.16 Å². The number of anilines is 1. The monoisotopic (exact) mass is 488 g/mol. The fourth-order valence-corrected chi connectivity index (χ4v) is 6.25. The van der Waals surface area contributed by atoms with E-state index >= 15 is 0 Å². The number of para-hydroxylation sites is 1. The van der Waals surface area contributed by atoms with Crippen LogP contribution in [0.1, 0.15) is 5.69 Å². The Hall–Kier alpha value is -2.02. The molecule has 148 valence electrons. The molecule has 0 saturated carbocycles. The Labute approximate surface area is 172 Å². The summed E-state index contributed by atoms with van der Waals surface area (Å²) in [4.78, 5) is 10.7. The molecule has 2 unspecified atom stereocenters. The molecule has 2 aliphatic heterocycles. The van der Waals surface area contributed by atoms with E-state index in [1.54, 1.807) is 37.3 Å². The summed E-state index contributed by atoms with van der Waals surface area (Å²) in [5, 5.41) is 3.88. The average Bonchev–Trinajstić information content (AvgIpc) is 3.33. The highest BCUT2D eigenvalue weighted by Gasteiger charge is 2.66. The van der Waals surface area contributed by atoms with Gasteiger partial charge in [-0.2, -0.15) is 0 Å². The third-order valence-corrected chi connectivity index (χ3v) is 8.12. The molecule has 1 fully saturated rings. The number of sulfonamides is 1. The van der Waals surface area contributed by atoms with Gasteiger partial charge in [-0.25, -0.2) is 13.1 Å². The summed E-state index contributed by atoms with van der Waals surface area (Å²) in [5.74, 6) is -0.623. The molecule has 12 heteroatoms. The molecule has 1 N–H and O–H groups in total. The van der Waals surface area contributed by atoms with Crippen molar-refractivity contribution in [3.8, 4) is 5.75 Å². The number of fused-ring (bicyclic) bond motifs is 1. The first-order chi connectivity index (χ1) is 13.3. The van der Waals surface area contributed by atoms with E-state index < -0.39 is 26.2 Å². The van der Waals surface area contributed by atoms with Crippen LogP contribution in [0.4, 0.5) is 5.88 Å². The molecule has 1 saturated heterocycles. The zero-order valence-electron chi connectivity index (χ0n) is 14.2. The van der Waals surface area contributed by atoms with Gasteiger partial charge >= 0.3 is 5.97 Å². The first-order valence-electron chi connectivity index (χ1n) is 7.89. The van der Waals surface area contributed by atoms with Gasteiger partial charge in [-0.15, -0.1) is 11.8 Å². The summed E-state index contributed by atoms with van der Waals surface area (Å²) in [6.45, 7) is 1.31. The highest BCUT2D eigenvalue weighted by atomic mass is 79.9. The van der Waals surface area contributed by atoms with Crippen LogP contribution in [-0.4, -0.2) is 36.5 Å². The number of nitrogens with one attached hydrogen (secondary N) is 1. The summed E-state index contributed by atoms with van der Waals surface area (Å²) in [7, 11) is -4.36. The lowest BCUT2D eigenvalue weighted by Crippen LogP contribution is -2.53. The van der Waals surface area contributed by atoms with Gasteiger partial charge in [-0.05, 0) is 35.0 Å². The number of carbonyl (C=O) groups excluding carboxylic acids is 1. The van der Waals surface area contributed by atoms with Gasteiger partial charge in [0.1, 0.15) is 10.2 Å². The van der Waals surface area contributed by atoms with Crippen molar-refractivity contribution < 1.29 is 31.9 Å². The van der Waals surface area contributed by atoms with Gasteiger partial charge in [0.05, 0.1) is 5.69 Å². The van der Waals surface area contributed by atoms with Crippen molar-refractivity contribution in [3.05, 3.63) is 51.7 Å². The summed E-state index contributed by atoms with van der Waals surface area (Å²) >= 11 is 4.15. The Balaban J connectivity index is 1.67. The Bertz CT molecular complexity index is 1050. The van der Waals surface area contributed by atoms with Gasteiger partial charge in [0.25, 0.3) is 20.8 Å². The lowest BCUT2D eigenvalue weighted by molar-refractivity contribution is -0.136. The van der Waals surface area contributed by atoms with E-state index in [2.05, 4.69) is 25.8 Å². The summed E-state index contributed by atoms with van der Waals surface area (Å²) in [6.07, 6.45) is 0. The topological polar surface area (TPSA) is 117 Å². The number of rotatable bonds is 5. The quantitative estimate of drug-likeness (QED) is 0.500. The number of halogens is 1. The molecule has 0 spiro atoms. The van der Waals surface area contributed by atoms with Crippen LogP contribution in [0.15, 0.2) is 50.5 Å². The number of ether oxygens (including phenoxy) is 3. The molecular formula is C16H13BrN2O7S2. The average molecular weight is 489 g/mol. The smallest absolute Gasteiger partial charge is 0.329 e. The van der Waals surface area contributed by atoms with Crippen molar-refractivity contribution in [2.75, 3.05) is 11.5 Å². The Morgan fingerprint density at radius 1 is 1.39 bits per heavy atom. The maximum atomic E-state index is 13.2. The number of hydrogen-bond acceptors (Lipinski definition) is 9. The van der Waals surface area contributed by atoms with Gasteiger partial charge in [0.15, 0.2) is 17.8 Å². The number of thioether (sulfide) groups is 1. The van der Waals surface area contributed by atoms with E-state index in [9.17, 15) is 13.2 Å². The van der Waals surface area contributed by atoms with Crippen LogP contribution in [-0.2, 0) is 24.3 Å². The molecule has 1 aromatic carbocycles. The molecule has 0 bridgehead atoms. The Kier molecular flexibility index (Phi) is 4.89. The van der Waals surface area contributed by atoms with E-state index in [-0.39, 0.29) is 24.2 Å². The van der Waals surface area contributed by atoms with Gasteiger partial charge in [-0.3, -0.25) is 4.79 Å². The van der Waals surface area contributed by atoms with Crippen LogP contribution < -0.4 is 9.46 Å². The van der Waals surface area contributed by atoms with Crippen LogP contribution in [0.25, 0.3) is 0 Å². The molecule has 2 aliphatic rings. The number of carbonyl (C=O) groups is 1. The second kappa shape index (κ2) is 7.10. The Morgan fingerprint density at radius 2 is 2.14 bits per heavy atom. The number of aryl methyl sites for hydroxylation is 1. The van der Waals surface area contributed by atoms with Crippen molar-refractivity contribution in [2.45, 2.75) is 17.1 Å². The zero-order chi connectivity index (χ0) is 19.9. The molecule has 0 amide bonds. The van der Waals surface area contributed by atoms with E-state index in [4.69, 9.17) is 18.7 Å². The van der Waals surface area contributed by atoms with Crippen molar-refractivity contribution in [3.63, 3.8) is 0 Å². The Morgan fingerprint density at radius 3 is 2.82 bits per heavy atom. The molecule has 2 aromatic rings. The first-order valence-corrected chi connectivity index (χ1v) is 11.1. The number of aromatic nitrogens is 1. The molecular weight excluding hydrogens is 476 g/mol. The van der Waals surface area contributed by atoms with Gasteiger partial charge in [0, 0.05) is 5.41 Å². The van der Waals surface area contributed by atoms with E-state index in [1.165, 1.54) is 5.41 Å². The first kappa shape index (κ1) is 19.3. The third-order valence-electron chi connectivity index (χ3n) is 4.08. The summed E-state index contributed by atoms with van der Waals surface area (Å²) in [6, 6.07) is 8.34. The van der Waals surface area contributed by atoms with Gasteiger partial charge in [0.2, 0.25) is 0 Å². The normalized spacial score (nSPS) is 23.6. The predicted octanol–water partition coefficient (Wildman–Crippen LogP) is 2.75. The van der Waals surface area contributed by atoms with Gasteiger partial charge in [-0.1, -0.05) is 23.4 Å². The zero-order valence-corrected chi connectivity index (χ0v) is 17.5. The van der Waals surface area contributed by atoms with Gasteiger partial charge < -0.3 is 18.7 Å². The van der Waals surface area contributed by atoms with E-state index in [0.717, 1.165) is 11.8 Å². The maximum absolute atomic E-state index is 13.2. The van der Waals surface area contributed by atoms with Crippen molar-refractivity contribution in [1.29, 1.82) is 0 Å². The van der Waals surface area contributed by atoms with E-state index in [0.29, 0.717) is 10.2 Å². The van der Waals surface area contributed by atoms with Crippen LogP contribution >= 0.6 is 27.7 Å². The maximum Gasteiger partial charge on any atom is 0.329 e. The van der Waals surface area contributed by atoms with Crippen LogP contribution in [0.5, 0.6) is 5.75 Å². The lowest BCUT2D eigenvalue weighted by Gasteiger charge is -2.28. The number of hydrogen-bond donors (Lipinski definition) is 1. The summed E-state index contributed by atoms with van der Waals surface area (Å²) < 4.78 is 50.2. The van der Waals surface area contributed by atoms with Crippen molar-refractivity contribution >= 4 is 49.6 Å². The molecule has 3 heterocycles. The largest absolute Gasteiger partial charge is 0.467 e. The number of nitrogens with zero attached hydrogens (tertiary/aromatic N) is 1. The fraction of sp³-hybridized carbons (Fsp3) is 0.250. The molecule has 28 heavy (non-hydrogen) atoms. The lowest BCUT2D eigenvalue weighted by atomic mass is 10.2. The second-order valence-electron chi connectivity index (χ2n) is 5.82. The van der Waals surface area contributed by atoms with Crippen LogP contribution in [0.2, 0.25) is 0 Å². The highest BCUT2D eigenvalue weighted by Crippen LogP contribution is 2.50. The number of esters is 1. The molecule has 4 rings (SSSR count). The molecule has 2 atom stereocenters. The third kappa shape index (κ3) is 3.00. The number of benzene rings is 1. The van der Waals surface area contributed by atoms with E-state index in [1.807, 2.05) is 0 Å². The van der Waals surface area contributed by atoms with Crippen molar-refractivity contribution in [2.24, 2.45) is 0 Å². The minimum atomic E-state index is -4.36. The molecule has 9 nitrogen and oxygen atoms in total. The molecule has 1 aromatic heterocycles. The minimum Gasteiger partial charge on any atom is -0.467 e. The molecule has 0 aliphatic carbocycles. The molecule has 0 radical (unpaired) electrons. The fourth-order valence-electron chi connectivity index (χ4n) is 2.73.